The van der Waals surface area contributed by atoms with Crippen LogP contribution >= 0.6 is 11.3 Å². The predicted molar refractivity (Wildman–Crippen MR) is 142 cm³/mol. The Kier molecular flexibility index (Phi) is 8.06. The number of primary amides is 1. The highest BCUT2D eigenvalue weighted by atomic mass is 32.1. The molecule has 3 aromatic heterocycles. The van der Waals surface area contributed by atoms with Crippen LogP contribution < -0.4 is 16.8 Å². The number of carbonyl (C=O) groups is 1. The van der Waals surface area contributed by atoms with Gasteiger partial charge in [-0.25, -0.2) is 4.98 Å². The zero-order valence-electron chi connectivity index (χ0n) is 19.6. The third-order valence-corrected chi connectivity index (χ3v) is 5.97. The Morgan fingerprint density at radius 1 is 1.32 bits per heavy atom. The number of thiophene rings is 1. The number of rotatable bonds is 6. The molecule has 0 aliphatic heterocycles. The number of aryl methyl sites for hydroxylation is 2. The topological polar surface area (TPSA) is 112 Å². The molecular weight excluding hydrogens is 444 g/mol. The summed E-state index contributed by atoms with van der Waals surface area (Å²) >= 11 is 1.72. The molecule has 8 heteroatoms. The largest absolute Gasteiger partial charge is 0.381 e. The number of aromatic nitrogens is 3. The van der Waals surface area contributed by atoms with Crippen LogP contribution in [0.25, 0.3) is 21.5 Å². The molecule has 0 atom stereocenters. The second kappa shape index (κ2) is 11.2. The van der Waals surface area contributed by atoms with E-state index in [1.165, 1.54) is 20.5 Å². The summed E-state index contributed by atoms with van der Waals surface area (Å²) in [5.74, 6) is 6.16. The summed E-state index contributed by atoms with van der Waals surface area (Å²) < 4.78 is 2.69. The van der Waals surface area contributed by atoms with Crippen molar-refractivity contribution in [3.63, 3.8) is 0 Å². The summed E-state index contributed by atoms with van der Waals surface area (Å²) in [6.07, 6.45) is 2.65. The first-order valence-corrected chi connectivity index (χ1v) is 11.7. The maximum Gasteiger partial charge on any atom is 0.256 e. The lowest BCUT2D eigenvalue weighted by Gasteiger charge is -2.07. The molecule has 3 heterocycles. The van der Waals surface area contributed by atoms with Crippen molar-refractivity contribution in [2.45, 2.75) is 20.3 Å². The van der Waals surface area contributed by atoms with E-state index >= 15 is 0 Å². The summed E-state index contributed by atoms with van der Waals surface area (Å²) in [7, 11) is 1.67. The van der Waals surface area contributed by atoms with E-state index in [2.05, 4.69) is 71.5 Å². The molecule has 5 N–H and O–H groups in total. The average molecular weight is 473 g/mol. The molecule has 1 amide bonds. The standard InChI is InChI=1S/C18H15NS.C8H13N5O/c1-3-8-15-12-20-16-11-13(4-2)17(19-18(15)16)14-9-6-5-7-10-14;1-3-4-11-8-5(7(10)14)6(9)12-13(8)2/h5-7,9-12H,4H2,1-2H3;3,11H,1,4H2,2H3,(H2,9,12)(H2,10,14). The minimum absolute atomic E-state index is 0.131. The van der Waals surface area contributed by atoms with Crippen molar-refractivity contribution in [3.8, 4) is 23.1 Å². The molecule has 1 aromatic carbocycles. The molecular formula is C26H28N6OS. The molecule has 0 bridgehead atoms. The van der Waals surface area contributed by atoms with E-state index in [-0.39, 0.29) is 11.4 Å². The summed E-state index contributed by atoms with van der Waals surface area (Å²) in [5, 5.41) is 8.92. The van der Waals surface area contributed by atoms with E-state index < -0.39 is 5.91 Å². The van der Waals surface area contributed by atoms with Crippen LogP contribution in [0.1, 0.15) is 35.3 Å². The van der Waals surface area contributed by atoms with Gasteiger partial charge >= 0.3 is 0 Å². The maximum atomic E-state index is 11.0. The van der Waals surface area contributed by atoms with Gasteiger partial charge in [-0.1, -0.05) is 49.3 Å². The number of nitrogens with one attached hydrogen (secondary N) is 1. The number of anilines is 2. The van der Waals surface area contributed by atoms with Gasteiger partial charge in [0.15, 0.2) is 5.82 Å². The van der Waals surface area contributed by atoms with Crippen LogP contribution in [0.15, 0.2) is 54.4 Å². The molecule has 34 heavy (non-hydrogen) atoms. The Labute approximate surface area is 203 Å². The highest BCUT2D eigenvalue weighted by Crippen LogP contribution is 2.31. The van der Waals surface area contributed by atoms with E-state index in [0.717, 1.165) is 23.2 Å². The lowest BCUT2D eigenvalue weighted by molar-refractivity contribution is 0.100. The van der Waals surface area contributed by atoms with Gasteiger partial charge in [0.05, 0.1) is 21.5 Å². The van der Waals surface area contributed by atoms with Crippen molar-refractivity contribution in [3.05, 3.63) is 71.1 Å². The van der Waals surface area contributed by atoms with E-state index in [0.29, 0.717) is 12.4 Å². The Hall–Kier alpha value is -4.09. The molecule has 4 aromatic rings. The summed E-state index contributed by atoms with van der Waals surface area (Å²) in [6, 6.07) is 12.6. The molecule has 174 valence electrons. The third-order valence-electron chi connectivity index (χ3n) is 5.05. The maximum absolute atomic E-state index is 11.0. The number of amides is 1. The molecule has 0 spiro atoms. The number of pyridine rings is 1. The molecule has 0 aliphatic rings. The summed E-state index contributed by atoms with van der Waals surface area (Å²) in [6.45, 7) is 8.10. The number of carbonyl (C=O) groups excluding carboxylic acids is 1. The molecule has 0 aliphatic carbocycles. The smallest absolute Gasteiger partial charge is 0.256 e. The lowest BCUT2D eigenvalue weighted by atomic mass is 10.0. The fourth-order valence-corrected chi connectivity index (χ4v) is 4.39. The number of benzene rings is 1. The van der Waals surface area contributed by atoms with Crippen molar-refractivity contribution in [1.82, 2.24) is 14.8 Å². The SMILES string of the molecule is C=CCNc1c(C(N)=O)c(N)nn1C.CC#Cc1csc2cc(CC)c(-c3ccccc3)nc12. The van der Waals surface area contributed by atoms with Gasteiger partial charge in [-0.15, -0.1) is 23.8 Å². The fraction of sp³-hybridized carbons (Fsp3) is 0.192. The van der Waals surface area contributed by atoms with Gasteiger partial charge in [0.25, 0.3) is 5.91 Å². The van der Waals surface area contributed by atoms with E-state index in [1.807, 2.05) is 13.0 Å². The van der Waals surface area contributed by atoms with Gasteiger partial charge < -0.3 is 16.8 Å². The Morgan fingerprint density at radius 2 is 2.06 bits per heavy atom. The zero-order chi connectivity index (χ0) is 24.7. The number of hydrogen-bond acceptors (Lipinski definition) is 6. The van der Waals surface area contributed by atoms with Crippen LogP contribution in [-0.4, -0.2) is 27.2 Å². The number of nitrogen functional groups attached to an aromatic ring is 1. The molecule has 0 radical (unpaired) electrons. The average Bonchev–Trinajstić information content (AvgIpc) is 3.36. The third kappa shape index (κ3) is 5.27. The quantitative estimate of drug-likeness (QED) is 0.281. The van der Waals surface area contributed by atoms with Crippen molar-refractivity contribution in [2.75, 3.05) is 17.6 Å². The van der Waals surface area contributed by atoms with Gasteiger partial charge in [-0.05, 0) is 25.0 Å². The van der Waals surface area contributed by atoms with E-state index in [1.54, 1.807) is 24.5 Å². The van der Waals surface area contributed by atoms with Crippen LogP contribution in [0.5, 0.6) is 0 Å². The first-order valence-electron chi connectivity index (χ1n) is 10.8. The highest BCUT2D eigenvalue weighted by molar-refractivity contribution is 7.17. The number of nitrogens with zero attached hydrogens (tertiary/aromatic N) is 3. The van der Waals surface area contributed by atoms with Gasteiger partial charge in [0.2, 0.25) is 0 Å². The summed E-state index contributed by atoms with van der Waals surface area (Å²) in [5.41, 5.74) is 16.5. The van der Waals surface area contributed by atoms with Crippen LogP contribution in [-0.2, 0) is 13.5 Å². The van der Waals surface area contributed by atoms with Crippen molar-refractivity contribution in [2.24, 2.45) is 12.8 Å². The highest BCUT2D eigenvalue weighted by Gasteiger charge is 2.18. The number of hydrogen-bond donors (Lipinski definition) is 3. The number of nitrogens with two attached hydrogens (primary N) is 2. The van der Waals surface area contributed by atoms with Crippen LogP contribution in [0, 0.1) is 11.8 Å². The number of fused-ring (bicyclic) bond motifs is 1. The molecule has 7 nitrogen and oxygen atoms in total. The van der Waals surface area contributed by atoms with Crippen molar-refractivity contribution in [1.29, 1.82) is 0 Å². The molecule has 0 unspecified atom stereocenters. The molecule has 0 saturated heterocycles. The van der Waals surface area contributed by atoms with Gasteiger partial charge in [-0.3, -0.25) is 9.48 Å². The Bertz CT molecular complexity index is 1380. The normalized spacial score (nSPS) is 10.1. The minimum Gasteiger partial charge on any atom is -0.381 e. The van der Waals surface area contributed by atoms with Crippen molar-refractivity contribution < 1.29 is 4.79 Å². The fourth-order valence-electron chi connectivity index (χ4n) is 3.49. The first kappa shape index (κ1) is 24.6. The predicted octanol–water partition coefficient (Wildman–Crippen LogP) is 4.60. The van der Waals surface area contributed by atoms with Gasteiger partial charge in [0.1, 0.15) is 11.4 Å². The molecule has 0 fully saturated rings. The van der Waals surface area contributed by atoms with Gasteiger partial charge in [0, 0.05) is 24.5 Å². The van der Waals surface area contributed by atoms with Crippen molar-refractivity contribution >= 4 is 39.1 Å². The molecule has 0 saturated carbocycles. The van der Waals surface area contributed by atoms with Crippen LogP contribution in [0.3, 0.4) is 0 Å². The Balaban J connectivity index is 0.000000204. The second-order valence-electron chi connectivity index (χ2n) is 7.35. The lowest BCUT2D eigenvalue weighted by Crippen LogP contribution is -2.15. The monoisotopic (exact) mass is 472 g/mol. The van der Waals surface area contributed by atoms with Crippen LogP contribution in [0.4, 0.5) is 11.6 Å². The van der Waals surface area contributed by atoms with Gasteiger partial charge in [-0.2, -0.15) is 5.10 Å². The van der Waals surface area contributed by atoms with E-state index in [4.69, 9.17) is 16.5 Å². The summed E-state index contributed by atoms with van der Waals surface area (Å²) in [4.78, 5) is 15.9. The first-order chi connectivity index (χ1) is 16.4. The second-order valence-corrected chi connectivity index (χ2v) is 8.26. The Morgan fingerprint density at radius 3 is 2.68 bits per heavy atom. The minimum atomic E-state index is -0.595. The molecule has 4 rings (SSSR count). The van der Waals surface area contributed by atoms with E-state index in [9.17, 15) is 4.79 Å². The van der Waals surface area contributed by atoms with Crippen LogP contribution in [0.2, 0.25) is 0 Å². The zero-order valence-corrected chi connectivity index (χ0v) is 20.4.